The quantitative estimate of drug-likeness (QED) is 0.757. The van der Waals surface area contributed by atoms with Crippen LogP contribution in [0.3, 0.4) is 0 Å². The molecule has 1 aromatic rings. The van der Waals surface area contributed by atoms with Gasteiger partial charge in [0.15, 0.2) is 0 Å². The Bertz CT molecular complexity index is 267. The van der Waals surface area contributed by atoms with Crippen molar-refractivity contribution in [3.05, 3.63) is 34.3 Å². The van der Waals surface area contributed by atoms with Gasteiger partial charge in [-0.3, -0.25) is 0 Å². The van der Waals surface area contributed by atoms with Crippen molar-refractivity contribution in [2.45, 2.75) is 12.7 Å². The first-order valence-electron chi connectivity index (χ1n) is 4.28. The van der Waals surface area contributed by atoms with E-state index in [9.17, 15) is 0 Å². The molecule has 0 bridgehead atoms. The Morgan fingerprint density at radius 1 is 1.38 bits per heavy atom. The lowest BCUT2D eigenvalue weighted by Gasteiger charge is -2.01. The van der Waals surface area contributed by atoms with E-state index in [0.29, 0.717) is 12.7 Å². The van der Waals surface area contributed by atoms with E-state index in [1.54, 1.807) is 0 Å². The molecule has 1 saturated heterocycles. The summed E-state index contributed by atoms with van der Waals surface area (Å²) in [5.41, 5.74) is 1.20. The van der Waals surface area contributed by atoms with Crippen LogP contribution in [0.1, 0.15) is 5.56 Å². The Morgan fingerprint density at radius 2 is 2.08 bits per heavy atom. The minimum atomic E-state index is 0.357. The molecular weight excluding hydrogens is 232 g/mol. The van der Waals surface area contributed by atoms with Gasteiger partial charge in [-0.15, -0.1) is 0 Å². The zero-order valence-electron chi connectivity index (χ0n) is 7.20. The number of ether oxygens (including phenoxy) is 2. The minimum absolute atomic E-state index is 0.357. The molecule has 0 radical (unpaired) electrons. The second-order valence-electron chi connectivity index (χ2n) is 3.10. The van der Waals surface area contributed by atoms with E-state index in [-0.39, 0.29) is 0 Å². The molecule has 0 N–H and O–H groups in total. The van der Waals surface area contributed by atoms with Gasteiger partial charge in [-0.05, 0) is 17.7 Å². The first kappa shape index (κ1) is 9.19. The molecule has 0 spiro atoms. The van der Waals surface area contributed by atoms with E-state index >= 15 is 0 Å². The summed E-state index contributed by atoms with van der Waals surface area (Å²) in [5.74, 6) is 0. The van der Waals surface area contributed by atoms with Gasteiger partial charge in [0.1, 0.15) is 6.10 Å². The van der Waals surface area contributed by atoms with Crippen molar-refractivity contribution in [2.24, 2.45) is 0 Å². The van der Waals surface area contributed by atoms with Crippen molar-refractivity contribution < 1.29 is 9.47 Å². The molecule has 0 aromatic heterocycles. The molecule has 13 heavy (non-hydrogen) atoms. The van der Waals surface area contributed by atoms with Crippen molar-refractivity contribution in [1.29, 1.82) is 0 Å². The van der Waals surface area contributed by atoms with Crippen LogP contribution >= 0.6 is 15.9 Å². The van der Waals surface area contributed by atoms with Gasteiger partial charge in [0.2, 0.25) is 0 Å². The maximum absolute atomic E-state index is 5.44. The first-order valence-corrected chi connectivity index (χ1v) is 5.08. The zero-order valence-corrected chi connectivity index (χ0v) is 8.79. The predicted octanol–water partition coefficient (Wildman–Crippen LogP) is 2.36. The summed E-state index contributed by atoms with van der Waals surface area (Å²) in [6.07, 6.45) is 0.357. The lowest BCUT2D eigenvalue weighted by Crippen LogP contribution is -2.00. The van der Waals surface area contributed by atoms with Gasteiger partial charge in [-0.1, -0.05) is 28.1 Å². The van der Waals surface area contributed by atoms with Gasteiger partial charge in [-0.25, -0.2) is 0 Å². The topological polar surface area (TPSA) is 21.8 Å². The number of hydrogen-bond donors (Lipinski definition) is 0. The Labute approximate surface area is 86.0 Å². The van der Waals surface area contributed by atoms with Crippen molar-refractivity contribution in [2.75, 3.05) is 13.2 Å². The zero-order chi connectivity index (χ0) is 9.10. The molecule has 1 atom stereocenters. The van der Waals surface area contributed by atoms with Crippen LogP contribution in [-0.2, 0) is 16.1 Å². The highest BCUT2D eigenvalue weighted by molar-refractivity contribution is 9.10. The monoisotopic (exact) mass is 242 g/mol. The third-order valence-corrected chi connectivity index (χ3v) is 2.42. The van der Waals surface area contributed by atoms with Crippen LogP contribution in [0.15, 0.2) is 28.7 Å². The fourth-order valence-electron chi connectivity index (χ4n) is 1.05. The van der Waals surface area contributed by atoms with E-state index < -0.39 is 0 Å². The first-order chi connectivity index (χ1) is 6.34. The van der Waals surface area contributed by atoms with Crippen LogP contribution in [0.25, 0.3) is 0 Å². The summed E-state index contributed by atoms with van der Waals surface area (Å²) in [5, 5.41) is 0. The van der Waals surface area contributed by atoms with E-state index in [0.717, 1.165) is 17.7 Å². The highest BCUT2D eigenvalue weighted by Gasteiger charge is 2.21. The molecule has 0 amide bonds. The predicted molar refractivity (Wildman–Crippen MR) is 53.5 cm³/mol. The summed E-state index contributed by atoms with van der Waals surface area (Å²) in [6.45, 7) is 2.25. The lowest BCUT2D eigenvalue weighted by molar-refractivity contribution is 0.104. The fourth-order valence-corrected chi connectivity index (χ4v) is 1.32. The van der Waals surface area contributed by atoms with Crippen molar-refractivity contribution in [3.8, 4) is 0 Å². The van der Waals surface area contributed by atoms with E-state index in [1.807, 2.05) is 12.1 Å². The Morgan fingerprint density at radius 3 is 2.69 bits per heavy atom. The fraction of sp³-hybridized carbons (Fsp3) is 0.400. The molecule has 1 aliphatic heterocycles. The summed E-state index contributed by atoms with van der Waals surface area (Å²) >= 11 is 3.39. The van der Waals surface area contributed by atoms with E-state index in [2.05, 4.69) is 28.1 Å². The van der Waals surface area contributed by atoms with E-state index in [1.165, 1.54) is 5.56 Å². The molecule has 0 unspecified atom stereocenters. The van der Waals surface area contributed by atoms with Crippen LogP contribution in [0.4, 0.5) is 0 Å². The molecule has 1 fully saturated rings. The number of epoxide rings is 1. The summed E-state index contributed by atoms with van der Waals surface area (Å²) in [4.78, 5) is 0. The maximum atomic E-state index is 5.44. The lowest BCUT2D eigenvalue weighted by atomic mass is 10.2. The standard InChI is InChI=1S/C10H11BrO2/c11-9-3-1-8(2-4-9)5-12-6-10-7-13-10/h1-4,10H,5-7H2/t10-/m0/s1. The molecule has 1 aliphatic rings. The summed E-state index contributed by atoms with van der Waals surface area (Å²) in [7, 11) is 0. The van der Waals surface area contributed by atoms with Gasteiger partial charge in [0, 0.05) is 4.47 Å². The van der Waals surface area contributed by atoms with Gasteiger partial charge < -0.3 is 9.47 Å². The normalized spacial score (nSPS) is 20.2. The minimum Gasteiger partial charge on any atom is -0.374 e. The third kappa shape index (κ3) is 3.10. The smallest absolute Gasteiger partial charge is 0.104 e. The van der Waals surface area contributed by atoms with Crippen LogP contribution in [0.5, 0.6) is 0 Å². The molecule has 1 heterocycles. The molecule has 1 aromatic carbocycles. The number of rotatable bonds is 4. The summed E-state index contributed by atoms with van der Waals surface area (Å²) < 4.78 is 11.6. The van der Waals surface area contributed by atoms with Gasteiger partial charge in [0.25, 0.3) is 0 Å². The van der Waals surface area contributed by atoms with Gasteiger partial charge in [-0.2, -0.15) is 0 Å². The molecule has 70 valence electrons. The molecule has 0 saturated carbocycles. The van der Waals surface area contributed by atoms with Crippen molar-refractivity contribution in [3.63, 3.8) is 0 Å². The SMILES string of the molecule is Brc1ccc(COC[C@H]2CO2)cc1. The average molecular weight is 243 g/mol. The second kappa shape index (κ2) is 4.22. The van der Waals surface area contributed by atoms with Crippen molar-refractivity contribution in [1.82, 2.24) is 0 Å². The Kier molecular flexibility index (Phi) is 2.98. The maximum Gasteiger partial charge on any atom is 0.104 e. The van der Waals surface area contributed by atoms with Gasteiger partial charge in [0.05, 0.1) is 19.8 Å². The van der Waals surface area contributed by atoms with Gasteiger partial charge >= 0.3 is 0 Å². The van der Waals surface area contributed by atoms with Crippen LogP contribution in [0.2, 0.25) is 0 Å². The molecule has 3 heteroatoms. The number of hydrogen-bond acceptors (Lipinski definition) is 2. The molecule has 2 nitrogen and oxygen atoms in total. The second-order valence-corrected chi connectivity index (χ2v) is 4.01. The Hall–Kier alpha value is -0.380. The third-order valence-electron chi connectivity index (χ3n) is 1.89. The Balaban J connectivity index is 1.76. The average Bonchev–Trinajstić information content (AvgIpc) is 2.92. The largest absolute Gasteiger partial charge is 0.374 e. The highest BCUT2D eigenvalue weighted by Crippen LogP contribution is 2.13. The summed E-state index contributed by atoms with van der Waals surface area (Å²) in [6, 6.07) is 8.15. The molecular formula is C10H11BrO2. The van der Waals surface area contributed by atoms with Crippen LogP contribution < -0.4 is 0 Å². The van der Waals surface area contributed by atoms with Crippen LogP contribution in [-0.4, -0.2) is 19.3 Å². The number of halogens is 1. The van der Waals surface area contributed by atoms with Crippen LogP contribution in [0, 0.1) is 0 Å². The van der Waals surface area contributed by atoms with E-state index in [4.69, 9.17) is 9.47 Å². The highest BCUT2D eigenvalue weighted by atomic mass is 79.9. The molecule has 0 aliphatic carbocycles. The van der Waals surface area contributed by atoms with Crippen molar-refractivity contribution >= 4 is 15.9 Å². The number of benzene rings is 1. The molecule has 2 rings (SSSR count).